The van der Waals surface area contributed by atoms with E-state index in [4.69, 9.17) is 9.84 Å². The third kappa shape index (κ3) is 2.62. The molecule has 0 radical (unpaired) electrons. The molecule has 94 valence electrons. The summed E-state index contributed by atoms with van der Waals surface area (Å²) in [6, 6.07) is 13.5. The van der Waals surface area contributed by atoms with Crippen LogP contribution in [0.25, 0.3) is 10.8 Å². The number of hydrogen-bond donors (Lipinski definition) is 1. The van der Waals surface area contributed by atoms with E-state index in [-0.39, 0.29) is 0 Å². The Labute approximate surface area is 106 Å². The lowest BCUT2D eigenvalue weighted by atomic mass is 10.1. The quantitative estimate of drug-likeness (QED) is 0.876. The van der Waals surface area contributed by atoms with Crippen LogP contribution >= 0.6 is 0 Å². The van der Waals surface area contributed by atoms with E-state index in [1.165, 1.54) is 0 Å². The first-order valence-electron chi connectivity index (χ1n) is 6.09. The minimum absolute atomic E-state index is 0.512. The lowest BCUT2D eigenvalue weighted by molar-refractivity contribution is -0.145. The van der Waals surface area contributed by atoms with E-state index in [1.807, 2.05) is 49.4 Å². The van der Waals surface area contributed by atoms with Crippen molar-refractivity contribution in [3.63, 3.8) is 0 Å². The molecule has 0 heterocycles. The molecule has 3 heteroatoms. The van der Waals surface area contributed by atoms with Gasteiger partial charge in [-0.3, -0.25) is 0 Å². The average Bonchev–Trinajstić information content (AvgIpc) is 2.38. The molecule has 0 aromatic heterocycles. The molecular formula is C15H16O3. The van der Waals surface area contributed by atoms with Crippen LogP contribution in [0.15, 0.2) is 42.5 Å². The van der Waals surface area contributed by atoms with Crippen LogP contribution in [0.3, 0.4) is 0 Å². The first-order valence-corrected chi connectivity index (χ1v) is 6.09. The largest absolute Gasteiger partial charge is 0.479 e. The van der Waals surface area contributed by atoms with Crippen molar-refractivity contribution in [3.05, 3.63) is 42.5 Å². The van der Waals surface area contributed by atoms with Gasteiger partial charge in [-0.25, -0.2) is 4.79 Å². The van der Waals surface area contributed by atoms with Crippen LogP contribution in [-0.4, -0.2) is 17.2 Å². The van der Waals surface area contributed by atoms with Gasteiger partial charge in [0.25, 0.3) is 0 Å². The van der Waals surface area contributed by atoms with Gasteiger partial charge in [0.15, 0.2) is 6.10 Å². The topological polar surface area (TPSA) is 46.5 Å². The fourth-order valence-electron chi connectivity index (χ4n) is 1.95. The van der Waals surface area contributed by atoms with Crippen molar-refractivity contribution in [2.24, 2.45) is 0 Å². The van der Waals surface area contributed by atoms with Crippen molar-refractivity contribution < 1.29 is 14.6 Å². The molecular weight excluding hydrogens is 228 g/mol. The van der Waals surface area contributed by atoms with Gasteiger partial charge in [0, 0.05) is 5.39 Å². The second kappa shape index (κ2) is 5.54. The second-order valence-electron chi connectivity index (χ2n) is 4.21. The summed E-state index contributed by atoms with van der Waals surface area (Å²) in [5.74, 6) is -0.279. The molecule has 1 atom stereocenters. The molecule has 0 aliphatic carbocycles. The molecule has 3 nitrogen and oxygen atoms in total. The number of carboxylic acids is 1. The van der Waals surface area contributed by atoms with Crippen molar-refractivity contribution in [1.29, 1.82) is 0 Å². The summed E-state index contributed by atoms with van der Waals surface area (Å²) >= 11 is 0. The molecule has 2 rings (SSSR count). The number of fused-ring (bicyclic) bond motifs is 1. The van der Waals surface area contributed by atoms with Gasteiger partial charge in [0.2, 0.25) is 0 Å². The van der Waals surface area contributed by atoms with Crippen molar-refractivity contribution in [2.75, 3.05) is 0 Å². The number of benzene rings is 2. The molecule has 0 bridgehead atoms. The maximum atomic E-state index is 11.1. The monoisotopic (exact) mass is 244 g/mol. The minimum atomic E-state index is -0.912. The van der Waals surface area contributed by atoms with E-state index in [1.54, 1.807) is 0 Å². The van der Waals surface area contributed by atoms with E-state index in [0.29, 0.717) is 12.2 Å². The zero-order valence-electron chi connectivity index (χ0n) is 10.3. The van der Waals surface area contributed by atoms with E-state index < -0.39 is 12.1 Å². The molecule has 0 saturated carbocycles. The van der Waals surface area contributed by atoms with Gasteiger partial charge in [0.1, 0.15) is 5.75 Å². The summed E-state index contributed by atoms with van der Waals surface area (Å²) in [6.45, 7) is 1.95. The molecule has 0 unspecified atom stereocenters. The van der Waals surface area contributed by atoms with Crippen LogP contribution in [-0.2, 0) is 4.79 Å². The maximum absolute atomic E-state index is 11.1. The number of hydrogen-bond acceptors (Lipinski definition) is 2. The maximum Gasteiger partial charge on any atom is 0.344 e. The summed E-state index contributed by atoms with van der Waals surface area (Å²) in [6.07, 6.45) is 0.515. The summed E-state index contributed by atoms with van der Waals surface area (Å²) in [7, 11) is 0. The van der Waals surface area contributed by atoms with Crippen molar-refractivity contribution in [1.82, 2.24) is 0 Å². The highest BCUT2D eigenvalue weighted by molar-refractivity contribution is 5.88. The third-order valence-corrected chi connectivity index (χ3v) is 2.85. The zero-order chi connectivity index (χ0) is 13.0. The molecule has 0 spiro atoms. The number of carbonyl (C=O) groups is 1. The fourth-order valence-corrected chi connectivity index (χ4v) is 1.95. The van der Waals surface area contributed by atoms with Crippen molar-refractivity contribution in [2.45, 2.75) is 25.9 Å². The fraction of sp³-hybridized carbons (Fsp3) is 0.267. The third-order valence-electron chi connectivity index (χ3n) is 2.85. The molecule has 0 saturated heterocycles. The van der Waals surface area contributed by atoms with E-state index in [2.05, 4.69) is 0 Å². The molecule has 2 aromatic carbocycles. The molecule has 1 N–H and O–H groups in total. The van der Waals surface area contributed by atoms with E-state index >= 15 is 0 Å². The summed E-state index contributed by atoms with van der Waals surface area (Å²) in [5.41, 5.74) is 0. The molecule has 0 fully saturated rings. The van der Waals surface area contributed by atoms with Gasteiger partial charge in [0.05, 0.1) is 0 Å². The van der Waals surface area contributed by atoms with Crippen LogP contribution < -0.4 is 4.74 Å². The van der Waals surface area contributed by atoms with Crippen molar-refractivity contribution in [3.8, 4) is 5.75 Å². The van der Waals surface area contributed by atoms with E-state index in [0.717, 1.165) is 17.2 Å². The van der Waals surface area contributed by atoms with Gasteiger partial charge >= 0.3 is 5.97 Å². The van der Waals surface area contributed by atoms with Gasteiger partial charge in [-0.2, -0.15) is 0 Å². The molecule has 0 aliphatic heterocycles. The number of ether oxygens (including phenoxy) is 1. The van der Waals surface area contributed by atoms with Gasteiger partial charge in [-0.15, -0.1) is 0 Å². The lowest BCUT2D eigenvalue weighted by Gasteiger charge is -2.15. The first kappa shape index (κ1) is 12.4. The predicted octanol–water partition coefficient (Wildman–Crippen LogP) is 3.47. The summed E-state index contributed by atoms with van der Waals surface area (Å²) in [5, 5.41) is 11.1. The van der Waals surface area contributed by atoms with Gasteiger partial charge < -0.3 is 9.84 Å². The Morgan fingerprint density at radius 2 is 1.94 bits per heavy atom. The number of aliphatic carboxylic acids is 1. The van der Waals surface area contributed by atoms with Crippen LogP contribution in [0.2, 0.25) is 0 Å². The Bertz CT molecular complexity index is 543. The first-order chi connectivity index (χ1) is 8.72. The molecule has 0 aliphatic rings. The number of carboxylic acid groups (broad SMARTS) is 1. The Hall–Kier alpha value is -2.03. The molecule has 18 heavy (non-hydrogen) atoms. The standard InChI is InChI=1S/C15H16O3/c1-2-6-14(15(16)17)18-13-10-5-8-11-7-3-4-9-12(11)13/h3-5,7-10,14H,2,6H2,1H3,(H,16,17)/t14-/m1/s1. The van der Waals surface area contributed by atoms with Gasteiger partial charge in [-0.05, 0) is 17.9 Å². The predicted molar refractivity (Wildman–Crippen MR) is 70.9 cm³/mol. The summed E-state index contributed by atoms with van der Waals surface area (Å²) in [4.78, 5) is 11.1. The average molecular weight is 244 g/mol. The highest BCUT2D eigenvalue weighted by Gasteiger charge is 2.18. The Morgan fingerprint density at radius 1 is 1.22 bits per heavy atom. The normalized spacial score (nSPS) is 12.3. The number of rotatable bonds is 5. The van der Waals surface area contributed by atoms with Crippen LogP contribution in [0.5, 0.6) is 5.75 Å². The zero-order valence-corrected chi connectivity index (χ0v) is 10.3. The highest BCUT2D eigenvalue weighted by atomic mass is 16.5. The Kier molecular flexibility index (Phi) is 3.82. The van der Waals surface area contributed by atoms with Crippen molar-refractivity contribution >= 4 is 16.7 Å². The lowest BCUT2D eigenvalue weighted by Crippen LogP contribution is -2.26. The van der Waals surface area contributed by atoms with Crippen LogP contribution in [0, 0.1) is 0 Å². The van der Waals surface area contributed by atoms with Gasteiger partial charge in [-0.1, -0.05) is 49.7 Å². The SMILES string of the molecule is CCC[C@@H](Oc1cccc2ccccc12)C(=O)O. The van der Waals surface area contributed by atoms with E-state index in [9.17, 15) is 4.79 Å². The highest BCUT2D eigenvalue weighted by Crippen LogP contribution is 2.26. The van der Waals surface area contributed by atoms with Crippen LogP contribution in [0.1, 0.15) is 19.8 Å². The smallest absolute Gasteiger partial charge is 0.344 e. The molecule has 2 aromatic rings. The Morgan fingerprint density at radius 3 is 2.67 bits per heavy atom. The second-order valence-corrected chi connectivity index (χ2v) is 4.21. The van der Waals surface area contributed by atoms with Crippen LogP contribution in [0.4, 0.5) is 0 Å². The molecule has 0 amide bonds. The summed E-state index contributed by atoms with van der Waals surface area (Å²) < 4.78 is 5.63. The Balaban J connectivity index is 2.33. The minimum Gasteiger partial charge on any atom is -0.479 e.